The van der Waals surface area contributed by atoms with Gasteiger partial charge >= 0.3 is 0 Å². The lowest BCUT2D eigenvalue weighted by atomic mass is 9.95. The van der Waals surface area contributed by atoms with Crippen LogP contribution < -0.4 is 5.32 Å². The molecule has 0 atom stereocenters. The minimum absolute atomic E-state index is 0.0738. The van der Waals surface area contributed by atoms with Crippen LogP contribution in [0.15, 0.2) is 52.9 Å². The summed E-state index contributed by atoms with van der Waals surface area (Å²) in [6.07, 6.45) is 1.72. The quantitative estimate of drug-likeness (QED) is 0.580. The smallest absolute Gasteiger partial charge is 0.226 e. The Balaban J connectivity index is 1.27. The molecule has 162 valence electrons. The molecule has 1 fully saturated rings. The molecule has 0 aliphatic carbocycles. The fraction of sp³-hybridized carbons (Fsp3) is 0.360. The van der Waals surface area contributed by atoms with E-state index in [1.807, 2.05) is 31.2 Å². The van der Waals surface area contributed by atoms with Crippen molar-refractivity contribution in [2.24, 2.45) is 5.92 Å². The van der Waals surface area contributed by atoms with E-state index in [-0.39, 0.29) is 11.8 Å². The van der Waals surface area contributed by atoms with E-state index < -0.39 is 0 Å². The number of amides is 1. The Hall–Kier alpha value is -2.63. The molecule has 1 saturated heterocycles. The molecule has 2 aromatic carbocycles. The van der Waals surface area contributed by atoms with Crippen LogP contribution in [0.1, 0.15) is 35.4 Å². The van der Waals surface area contributed by atoms with Crippen LogP contribution in [0.4, 0.5) is 0 Å². The van der Waals surface area contributed by atoms with Crippen molar-refractivity contribution in [2.75, 3.05) is 13.1 Å². The number of carbonyl (C=O) groups is 1. The van der Waals surface area contributed by atoms with Crippen LogP contribution in [-0.4, -0.2) is 28.9 Å². The molecule has 5 nitrogen and oxygen atoms in total. The molecule has 1 N–H and O–H groups in total. The number of likely N-dealkylation sites (tertiary alicyclic amines) is 1. The summed E-state index contributed by atoms with van der Waals surface area (Å²) in [5, 5.41) is 3.79. The molecule has 0 radical (unpaired) electrons. The van der Waals surface area contributed by atoms with Gasteiger partial charge in [-0.15, -0.1) is 0 Å². The molecule has 0 saturated carbocycles. The average Bonchev–Trinajstić information content (AvgIpc) is 3.14. The van der Waals surface area contributed by atoms with Gasteiger partial charge in [-0.3, -0.25) is 9.69 Å². The second kappa shape index (κ2) is 9.67. The van der Waals surface area contributed by atoms with Gasteiger partial charge in [-0.1, -0.05) is 41.4 Å². The highest BCUT2D eigenvalue weighted by molar-refractivity contribution is 6.30. The number of rotatable bonds is 6. The van der Waals surface area contributed by atoms with Crippen LogP contribution in [0.5, 0.6) is 0 Å². The van der Waals surface area contributed by atoms with Crippen molar-refractivity contribution in [3.63, 3.8) is 0 Å². The first kappa shape index (κ1) is 21.6. The van der Waals surface area contributed by atoms with Gasteiger partial charge in [0.1, 0.15) is 5.76 Å². The van der Waals surface area contributed by atoms with E-state index in [1.54, 1.807) is 0 Å². The maximum absolute atomic E-state index is 12.6. The zero-order valence-electron chi connectivity index (χ0n) is 18.0. The van der Waals surface area contributed by atoms with Crippen molar-refractivity contribution in [1.29, 1.82) is 0 Å². The molecule has 3 aromatic rings. The normalized spacial score (nSPS) is 15.2. The van der Waals surface area contributed by atoms with Gasteiger partial charge in [0.2, 0.25) is 11.8 Å². The van der Waals surface area contributed by atoms with Crippen molar-refractivity contribution < 1.29 is 9.21 Å². The zero-order valence-corrected chi connectivity index (χ0v) is 18.8. The highest BCUT2D eigenvalue weighted by Crippen LogP contribution is 2.25. The third-order valence-electron chi connectivity index (χ3n) is 5.90. The minimum Gasteiger partial charge on any atom is -0.441 e. The Kier molecular flexibility index (Phi) is 6.73. The predicted octanol–water partition coefficient (Wildman–Crippen LogP) is 5.14. The fourth-order valence-corrected chi connectivity index (χ4v) is 4.02. The summed E-state index contributed by atoms with van der Waals surface area (Å²) in [4.78, 5) is 19.6. The number of hydrogen-bond donors (Lipinski definition) is 1. The van der Waals surface area contributed by atoms with E-state index in [2.05, 4.69) is 41.4 Å². The third kappa shape index (κ3) is 5.54. The Morgan fingerprint density at radius 2 is 1.77 bits per heavy atom. The second-order valence-corrected chi connectivity index (χ2v) is 8.72. The van der Waals surface area contributed by atoms with Gasteiger partial charge in [0.15, 0.2) is 0 Å². The Morgan fingerprint density at radius 3 is 2.45 bits per heavy atom. The first-order chi connectivity index (χ1) is 15.0. The van der Waals surface area contributed by atoms with E-state index in [9.17, 15) is 4.79 Å². The summed E-state index contributed by atoms with van der Waals surface area (Å²) < 4.78 is 5.88. The zero-order chi connectivity index (χ0) is 21.8. The van der Waals surface area contributed by atoms with Crippen LogP contribution >= 0.6 is 11.6 Å². The molecule has 1 amide bonds. The molecule has 4 rings (SSSR count). The molecular formula is C25H28ClN3O2. The number of nitrogens with one attached hydrogen (secondary N) is 1. The van der Waals surface area contributed by atoms with Crippen LogP contribution in [0, 0.1) is 19.8 Å². The first-order valence-corrected chi connectivity index (χ1v) is 11.1. The minimum atomic E-state index is 0.0738. The van der Waals surface area contributed by atoms with E-state index in [0.29, 0.717) is 17.5 Å². The molecule has 6 heteroatoms. The fourth-order valence-electron chi connectivity index (χ4n) is 3.90. The van der Waals surface area contributed by atoms with Gasteiger partial charge in [-0.2, -0.15) is 0 Å². The number of carbonyl (C=O) groups excluding carboxylic acids is 1. The van der Waals surface area contributed by atoms with Crippen LogP contribution in [0.2, 0.25) is 5.02 Å². The number of nitrogens with zero attached hydrogens (tertiary/aromatic N) is 2. The van der Waals surface area contributed by atoms with E-state index >= 15 is 0 Å². The Labute approximate surface area is 188 Å². The molecule has 0 unspecified atom stereocenters. The SMILES string of the molecule is Cc1ccc(CNC(=O)C2CCN(Cc3nc(-c4ccc(Cl)cc4)oc3C)CC2)cc1. The molecule has 0 spiro atoms. The molecule has 1 aliphatic rings. The van der Waals surface area contributed by atoms with E-state index in [1.165, 1.54) is 5.56 Å². The van der Waals surface area contributed by atoms with Crippen LogP contribution in [0.3, 0.4) is 0 Å². The predicted molar refractivity (Wildman–Crippen MR) is 123 cm³/mol. The highest BCUT2D eigenvalue weighted by Gasteiger charge is 2.26. The second-order valence-electron chi connectivity index (χ2n) is 8.28. The summed E-state index contributed by atoms with van der Waals surface area (Å²) in [7, 11) is 0. The lowest BCUT2D eigenvalue weighted by Gasteiger charge is -2.30. The van der Waals surface area contributed by atoms with Gasteiger partial charge in [0.05, 0.1) is 5.69 Å². The Bertz CT molecular complexity index is 1020. The van der Waals surface area contributed by atoms with Gasteiger partial charge in [-0.05, 0) is 69.6 Å². The van der Waals surface area contributed by atoms with Crippen LogP contribution in [-0.2, 0) is 17.9 Å². The lowest BCUT2D eigenvalue weighted by Crippen LogP contribution is -2.40. The summed E-state index contributed by atoms with van der Waals surface area (Å²) in [5.74, 6) is 1.69. The maximum atomic E-state index is 12.6. The molecule has 31 heavy (non-hydrogen) atoms. The van der Waals surface area contributed by atoms with Crippen molar-refractivity contribution >= 4 is 17.5 Å². The molecule has 1 aromatic heterocycles. The number of halogens is 1. The summed E-state index contributed by atoms with van der Waals surface area (Å²) >= 11 is 5.97. The topological polar surface area (TPSA) is 58.4 Å². The highest BCUT2D eigenvalue weighted by atomic mass is 35.5. The average molecular weight is 438 g/mol. The van der Waals surface area contributed by atoms with Gasteiger partial charge < -0.3 is 9.73 Å². The van der Waals surface area contributed by atoms with Crippen molar-refractivity contribution in [2.45, 2.75) is 39.8 Å². The molecule has 1 aliphatic heterocycles. The largest absolute Gasteiger partial charge is 0.441 e. The summed E-state index contributed by atoms with van der Waals surface area (Å²) in [5.41, 5.74) is 4.23. The number of benzene rings is 2. The van der Waals surface area contributed by atoms with Crippen molar-refractivity contribution in [3.8, 4) is 11.5 Å². The number of aryl methyl sites for hydroxylation is 2. The molecule has 2 heterocycles. The van der Waals surface area contributed by atoms with Gasteiger partial charge in [0.25, 0.3) is 0 Å². The molecule has 0 bridgehead atoms. The lowest BCUT2D eigenvalue weighted by molar-refractivity contribution is -0.126. The van der Waals surface area contributed by atoms with Crippen molar-refractivity contribution in [3.05, 3.63) is 76.1 Å². The third-order valence-corrected chi connectivity index (χ3v) is 6.15. The monoisotopic (exact) mass is 437 g/mol. The summed E-state index contributed by atoms with van der Waals surface area (Å²) in [6, 6.07) is 15.8. The number of piperidine rings is 1. The first-order valence-electron chi connectivity index (χ1n) is 10.8. The van der Waals surface area contributed by atoms with E-state index in [0.717, 1.165) is 55.1 Å². The summed E-state index contributed by atoms with van der Waals surface area (Å²) in [6.45, 7) is 7.10. The van der Waals surface area contributed by atoms with Gasteiger partial charge in [-0.25, -0.2) is 4.98 Å². The molecular weight excluding hydrogens is 410 g/mol. The standard InChI is InChI=1S/C25H28ClN3O2/c1-17-3-5-19(6-4-17)15-27-24(30)20-11-13-29(14-12-20)16-23-18(2)31-25(28-23)21-7-9-22(26)10-8-21/h3-10,20H,11-16H2,1-2H3,(H,27,30). The number of oxazole rings is 1. The van der Waals surface area contributed by atoms with Crippen LogP contribution in [0.25, 0.3) is 11.5 Å². The van der Waals surface area contributed by atoms with Crippen molar-refractivity contribution in [1.82, 2.24) is 15.2 Å². The maximum Gasteiger partial charge on any atom is 0.226 e. The van der Waals surface area contributed by atoms with E-state index in [4.69, 9.17) is 21.0 Å². The number of aromatic nitrogens is 1. The number of hydrogen-bond acceptors (Lipinski definition) is 4. The Morgan fingerprint density at radius 1 is 1.10 bits per heavy atom. The van der Waals surface area contributed by atoms with Gasteiger partial charge in [0, 0.05) is 29.6 Å².